The number of hydrogen-bond donors (Lipinski definition) is 1. The van der Waals surface area contributed by atoms with Crippen molar-refractivity contribution in [3.63, 3.8) is 0 Å². The Labute approximate surface area is 111 Å². The fraction of sp³-hybridized carbons (Fsp3) is 0.200. The Morgan fingerprint density at radius 2 is 1.83 bits per heavy atom. The largest absolute Gasteiger partial charge is 0.330 e. The van der Waals surface area contributed by atoms with Gasteiger partial charge in [0.1, 0.15) is 5.82 Å². The summed E-state index contributed by atoms with van der Waals surface area (Å²) in [6, 6.07) is 14.3. The molecular formula is C15H15ClFN. The normalized spacial score (nSPS) is 12.4. The summed E-state index contributed by atoms with van der Waals surface area (Å²) in [5, 5.41) is 0.724. The van der Waals surface area contributed by atoms with E-state index in [-0.39, 0.29) is 11.7 Å². The molecular weight excluding hydrogens is 249 g/mol. The van der Waals surface area contributed by atoms with Crippen LogP contribution in [0.5, 0.6) is 0 Å². The molecule has 94 valence electrons. The van der Waals surface area contributed by atoms with Gasteiger partial charge in [0.05, 0.1) is 0 Å². The fourth-order valence-electron chi connectivity index (χ4n) is 2.02. The van der Waals surface area contributed by atoms with E-state index in [0.717, 1.165) is 22.6 Å². The van der Waals surface area contributed by atoms with Crippen LogP contribution >= 0.6 is 11.6 Å². The van der Waals surface area contributed by atoms with Gasteiger partial charge in [-0.1, -0.05) is 35.9 Å². The highest BCUT2D eigenvalue weighted by Gasteiger charge is 2.11. The van der Waals surface area contributed by atoms with Crippen molar-refractivity contribution in [3.05, 3.63) is 70.5 Å². The zero-order valence-corrected chi connectivity index (χ0v) is 10.7. The first-order chi connectivity index (χ1) is 8.69. The number of halogens is 2. The molecule has 0 radical (unpaired) electrons. The second-order valence-corrected chi connectivity index (χ2v) is 4.75. The highest BCUT2D eigenvalue weighted by molar-refractivity contribution is 6.30. The summed E-state index contributed by atoms with van der Waals surface area (Å²) in [5.74, 6) is -0.0404. The maximum atomic E-state index is 12.9. The fourth-order valence-corrected chi connectivity index (χ4v) is 2.23. The molecule has 1 nitrogen and oxygen atoms in total. The lowest BCUT2D eigenvalue weighted by Gasteiger charge is -2.15. The maximum Gasteiger partial charge on any atom is 0.123 e. The van der Waals surface area contributed by atoms with Crippen LogP contribution in [-0.4, -0.2) is 6.54 Å². The molecule has 1 unspecified atom stereocenters. The van der Waals surface area contributed by atoms with Gasteiger partial charge in [-0.05, 0) is 48.4 Å². The molecule has 18 heavy (non-hydrogen) atoms. The van der Waals surface area contributed by atoms with E-state index in [2.05, 4.69) is 0 Å². The molecule has 0 aliphatic heterocycles. The zero-order chi connectivity index (χ0) is 13.0. The second kappa shape index (κ2) is 5.98. The van der Waals surface area contributed by atoms with Gasteiger partial charge in [0.15, 0.2) is 0 Å². The van der Waals surface area contributed by atoms with Crippen LogP contribution in [0.25, 0.3) is 0 Å². The highest BCUT2D eigenvalue weighted by atomic mass is 35.5. The summed E-state index contributed by atoms with van der Waals surface area (Å²) in [6.07, 6.45) is 0.808. The van der Waals surface area contributed by atoms with Crippen LogP contribution in [0.3, 0.4) is 0 Å². The first-order valence-electron chi connectivity index (χ1n) is 5.89. The van der Waals surface area contributed by atoms with E-state index in [1.54, 1.807) is 12.1 Å². The smallest absolute Gasteiger partial charge is 0.123 e. The monoisotopic (exact) mass is 263 g/mol. The average molecular weight is 264 g/mol. The van der Waals surface area contributed by atoms with Gasteiger partial charge in [0, 0.05) is 10.9 Å². The van der Waals surface area contributed by atoms with Crippen LogP contribution in [0.1, 0.15) is 17.0 Å². The van der Waals surface area contributed by atoms with Crippen molar-refractivity contribution in [2.24, 2.45) is 5.73 Å². The van der Waals surface area contributed by atoms with Crippen LogP contribution in [0.15, 0.2) is 48.5 Å². The molecule has 1 atom stereocenters. The van der Waals surface area contributed by atoms with Crippen LogP contribution in [0.4, 0.5) is 4.39 Å². The van der Waals surface area contributed by atoms with Gasteiger partial charge in [-0.3, -0.25) is 0 Å². The molecule has 0 amide bonds. The van der Waals surface area contributed by atoms with Gasteiger partial charge >= 0.3 is 0 Å². The molecule has 2 aromatic rings. The van der Waals surface area contributed by atoms with E-state index >= 15 is 0 Å². The summed E-state index contributed by atoms with van der Waals surface area (Å²) < 4.78 is 12.9. The minimum absolute atomic E-state index is 0.184. The van der Waals surface area contributed by atoms with Gasteiger partial charge in [0.25, 0.3) is 0 Å². The molecule has 0 fully saturated rings. The quantitative estimate of drug-likeness (QED) is 0.893. The molecule has 0 aliphatic carbocycles. The van der Waals surface area contributed by atoms with Crippen LogP contribution in [0, 0.1) is 5.82 Å². The van der Waals surface area contributed by atoms with Gasteiger partial charge in [-0.2, -0.15) is 0 Å². The van der Waals surface area contributed by atoms with E-state index in [1.807, 2.05) is 24.3 Å². The first-order valence-corrected chi connectivity index (χ1v) is 6.27. The van der Waals surface area contributed by atoms with Crippen molar-refractivity contribution in [2.75, 3.05) is 6.54 Å². The van der Waals surface area contributed by atoms with Crippen molar-refractivity contribution in [1.82, 2.24) is 0 Å². The van der Waals surface area contributed by atoms with Crippen LogP contribution in [0.2, 0.25) is 5.02 Å². The standard InChI is InChI=1S/C15H15ClFN/c16-14-3-1-2-11(9-14)8-13(10-18)12-4-6-15(17)7-5-12/h1-7,9,13H,8,10,18H2. The lowest BCUT2D eigenvalue weighted by Crippen LogP contribution is -2.15. The minimum atomic E-state index is -0.225. The number of rotatable bonds is 4. The SMILES string of the molecule is NCC(Cc1cccc(Cl)c1)c1ccc(F)cc1. The molecule has 0 spiro atoms. The second-order valence-electron chi connectivity index (χ2n) is 4.32. The number of nitrogens with two attached hydrogens (primary N) is 1. The van der Waals surface area contributed by atoms with E-state index in [1.165, 1.54) is 12.1 Å². The molecule has 2 rings (SSSR count). The van der Waals surface area contributed by atoms with Gasteiger partial charge < -0.3 is 5.73 Å². The van der Waals surface area contributed by atoms with Gasteiger partial charge in [-0.15, -0.1) is 0 Å². The predicted octanol–water partition coefficient (Wildman–Crippen LogP) is 3.76. The molecule has 0 saturated carbocycles. The molecule has 0 aliphatic rings. The molecule has 0 saturated heterocycles. The average Bonchev–Trinajstić information content (AvgIpc) is 2.37. The van der Waals surface area contributed by atoms with Crippen molar-refractivity contribution in [3.8, 4) is 0 Å². The van der Waals surface area contributed by atoms with Gasteiger partial charge in [-0.25, -0.2) is 4.39 Å². The third kappa shape index (κ3) is 3.31. The lowest BCUT2D eigenvalue weighted by atomic mass is 9.92. The molecule has 3 heteroatoms. The van der Waals surface area contributed by atoms with Crippen LogP contribution < -0.4 is 5.73 Å². The molecule has 2 aromatic carbocycles. The first kappa shape index (κ1) is 13.1. The number of hydrogen-bond acceptors (Lipinski definition) is 1. The van der Waals surface area contributed by atoms with Gasteiger partial charge in [0.2, 0.25) is 0 Å². The van der Waals surface area contributed by atoms with Crippen molar-refractivity contribution < 1.29 is 4.39 Å². The Morgan fingerprint density at radius 3 is 2.44 bits per heavy atom. The zero-order valence-electron chi connectivity index (χ0n) is 9.94. The van der Waals surface area contributed by atoms with Crippen molar-refractivity contribution in [2.45, 2.75) is 12.3 Å². The Hall–Kier alpha value is -1.38. The summed E-state index contributed by atoms with van der Waals surface area (Å²) in [6.45, 7) is 0.526. The topological polar surface area (TPSA) is 26.0 Å². The van der Waals surface area contributed by atoms with E-state index < -0.39 is 0 Å². The maximum absolute atomic E-state index is 12.9. The van der Waals surface area contributed by atoms with E-state index in [0.29, 0.717) is 6.54 Å². The van der Waals surface area contributed by atoms with E-state index in [9.17, 15) is 4.39 Å². The van der Waals surface area contributed by atoms with Crippen molar-refractivity contribution >= 4 is 11.6 Å². The summed E-state index contributed by atoms with van der Waals surface area (Å²) in [7, 11) is 0. The highest BCUT2D eigenvalue weighted by Crippen LogP contribution is 2.22. The summed E-state index contributed by atoms with van der Waals surface area (Å²) >= 11 is 5.96. The third-order valence-electron chi connectivity index (χ3n) is 3.00. The minimum Gasteiger partial charge on any atom is -0.330 e. The summed E-state index contributed by atoms with van der Waals surface area (Å²) in [4.78, 5) is 0. The molecule has 0 heterocycles. The number of benzene rings is 2. The Bertz CT molecular complexity index is 510. The molecule has 2 N–H and O–H groups in total. The molecule has 0 aromatic heterocycles. The lowest BCUT2D eigenvalue weighted by molar-refractivity contribution is 0.623. The Balaban J connectivity index is 2.17. The third-order valence-corrected chi connectivity index (χ3v) is 3.23. The van der Waals surface area contributed by atoms with E-state index in [4.69, 9.17) is 17.3 Å². The Kier molecular flexibility index (Phi) is 4.34. The summed E-state index contributed by atoms with van der Waals surface area (Å²) in [5.41, 5.74) is 8.00. The molecule has 0 bridgehead atoms. The van der Waals surface area contributed by atoms with Crippen molar-refractivity contribution in [1.29, 1.82) is 0 Å². The van der Waals surface area contributed by atoms with Crippen LogP contribution in [-0.2, 0) is 6.42 Å². The Morgan fingerprint density at radius 1 is 1.11 bits per heavy atom. The predicted molar refractivity (Wildman–Crippen MR) is 73.4 cm³/mol.